The zero-order valence-corrected chi connectivity index (χ0v) is 16.4. The van der Waals surface area contributed by atoms with E-state index in [1.54, 1.807) is 6.07 Å². The van der Waals surface area contributed by atoms with Crippen molar-refractivity contribution in [2.75, 3.05) is 18.4 Å². The fraction of sp³-hybridized carbons (Fsp3) is 0.316. The van der Waals surface area contributed by atoms with Crippen LogP contribution in [-0.4, -0.2) is 30.1 Å². The number of piperidine rings is 1. The second-order valence-corrected chi connectivity index (χ2v) is 7.60. The number of amides is 2. The lowest BCUT2D eigenvalue weighted by molar-refractivity contribution is 0.190. The van der Waals surface area contributed by atoms with E-state index in [2.05, 4.69) is 39.8 Å². The zero-order valence-electron chi connectivity index (χ0n) is 14.1. The van der Waals surface area contributed by atoms with Crippen LogP contribution in [-0.2, 0) is 6.54 Å². The predicted molar refractivity (Wildman–Crippen MR) is 108 cm³/mol. The summed E-state index contributed by atoms with van der Waals surface area (Å²) in [6.07, 6.45) is 1.82. The molecule has 3 rings (SSSR count). The molecule has 0 bridgehead atoms. The van der Waals surface area contributed by atoms with Gasteiger partial charge in [0.25, 0.3) is 0 Å². The van der Waals surface area contributed by atoms with Gasteiger partial charge in [-0.05, 0) is 30.5 Å². The van der Waals surface area contributed by atoms with Gasteiger partial charge in [-0.3, -0.25) is 4.90 Å². The first-order valence-corrected chi connectivity index (χ1v) is 9.63. The number of nitrogens with one attached hydrogen (secondary N) is 2. The quantitative estimate of drug-likeness (QED) is 0.657. The number of nitrogens with zero attached hydrogens (tertiary/aromatic N) is 1. The number of hydrogen-bond donors (Lipinski definition) is 2. The number of rotatable bonds is 4. The summed E-state index contributed by atoms with van der Waals surface area (Å²) in [6.45, 7) is 2.85. The van der Waals surface area contributed by atoms with Crippen LogP contribution in [0, 0.1) is 0 Å². The van der Waals surface area contributed by atoms with E-state index in [-0.39, 0.29) is 12.1 Å². The van der Waals surface area contributed by atoms with E-state index in [9.17, 15) is 4.79 Å². The van der Waals surface area contributed by atoms with Gasteiger partial charge in [0.1, 0.15) is 0 Å². The molecule has 0 aromatic heterocycles. The highest BCUT2D eigenvalue weighted by molar-refractivity contribution is 6.44. The van der Waals surface area contributed by atoms with Crippen LogP contribution in [0.4, 0.5) is 10.5 Å². The molecule has 138 valence electrons. The molecular formula is C19H20Cl3N3O. The molecule has 2 amide bonds. The monoisotopic (exact) mass is 411 g/mol. The molecule has 7 heteroatoms. The van der Waals surface area contributed by atoms with Crippen LogP contribution in [0.5, 0.6) is 0 Å². The van der Waals surface area contributed by atoms with Crippen molar-refractivity contribution in [2.45, 2.75) is 25.4 Å². The molecule has 1 fully saturated rings. The average Bonchev–Trinajstić information content (AvgIpc) is 2.62. The van der Waals surface area contributed by atoms with Crippen LogP contribution in [0.15, 0.2) is 42.5 Å². The fourth-order valence-corrected chi connectivity index (χ4v) is 3.63. The molecule has 0 saturated carbocycles. The summed E-state index contributed by atoms with van der Waals surface area (Å²) in [7, 11) is 0. The molecule has 0 spiro atoms. The summed E-state index contributed by atoms with van der Waals surface area (Å²) in [5.41, 5.74) is 1.76. The lowest BCUT2D eigenvalue weighted by Crippen LogP contribution is -2.45. The lowest BCUT2D eigenvalue weighted by Gasteiger charge is -2.32. The summed E-state index contributed by atoms with van der Waals surface area (Å²) in [6, 6.07) is 13.3. The first-order valence-electron chi connectivity index (χ1n) is 8.49. The first-order chi connectivity index (χ1) is 12.5. The molecule has 2 aromatic rings. The Bertz CT molecular complexity index is 762. The Morgan fingerprint density at radius 1 is 1.00 bits per heavy atom. The molecule has 1 aliphatic rings. The van der Waals surface area contributed by atoms with Gasteiger partial charge in [0, 0.05) is 25.7 Å². The van der Waals surface area contributed by atoms with E-state index in [0.29, 0.717) is 20.8 Å². The van der Waals surface area contributed by atoms with E-state index < -0.39 is 0 Å². The third kappa shape index (κ3) is 5.27. The Hall–Kier alpha value is -1.46. The fourth-order valence-electron chi connectivity index (χ4n) is 3.04. The highest BCUT2D eigenvalue weighted by Gasteiger charge is 2.21. The van der Waals surface area contributed by atoms with Crippen molar-refractivity contribution >= 4 is 46.5 Å². The molecule has 1 heterocycles. The van der Waals surface area contributed by atoms with Crippen molar-refractivity contribution in [3.05, 3.63) is 63.1 Å². The van der Waals surface area contributed by atoms with Crippen LogP contribution in [0.1, 0.15) is 18.4 Å². The molecule has 0 radical (unpaired) electrons. The van der Waals surface area contributed by atoms with Crippen LogP contribution in [0.3, 0.4) is 0 Å². The van der Waals surface area contributed by atoms with E-state index in [0.717, 1.165) is 32.5 Å². The summed E-state index contributed by atoms with van der Waals surface area (Å²) >= 11 is 18.0. The molecule has 0 unspecified atom stereocenters. The number of anilines is 1. The lowest BCUT2D eigenvalue weighted by atomic mass is 10.0. The van der Waals surface area contributed by atoms with Gasteiger partial charge >= 0.3 is 6.03 Å². The van der Waals surface area contributed by atoms with Crippen molar-refractivity contribution in [1.29, 1.82) is 0 Å². The van der Waals surface area contributed by atoms with Crippen molar-refractivity contribution in [2.24, 2.45) is 0 Å². The normalized spacial score (nSPS) is 15.7. The number of hydrogen-bond acceptors (Lipinski definition) is 2. The molecule has 1 aliphatic heterocycles. The molecule has 2 N–H and O–H groups in total. The third-order valence-electron chi connectivity index (χ3n) is 4.43. The highest BCUT2D eigenvalue weighted by atomic mass is 35.5. The topological polar surface area (TPSA) is 44.4 Å². The van der Waals surface area contributed by atoms with Crippen LogP contribution in [0.2, 0.25) is 15.1 Å². The van der Waals surface area contributed by atoms with Gasteiger partial charge in [-0.15, -0.1) is 0 Å². The molecule has 26 heavy (non-hydrogen) atoms. The van der Waals surface area contributed by atoms with Gasteiger partial charge in [0.15, 0.2) is 0 Å². The molecule has 2 aromatic carbocycles. The zero-order chi connectivity index (χ0) is 18.5. The summed E-state index contributed by atoms with van der Waals surface area (Å²) in [4.78, 5) is 14.6. The Balaban J connectivity index is 1.47. The SMILES string of the molecule is O=C(Nc1cc(Cl)c(Cl)cc1Cl)NC1CCN(Cc2ccccc2)CC1. The Morgan fingerprint density at radius 2 is 1.65 bits per heavy atom. The predicted octanol–water partition coefficient (Wildman–Crippen LogP) is 5.43. The minimum atomic E-state index is -0.285. The van der Waals surface area contributed by atoms with Gasteiger partial charge in [-0.2, -0.15) is 0 Å². The Morgan fingerprint density at radius 3 is 2.35 bits per heavy atom. The maximum Gasteiger partial charge on any atom is 0.319 e. The number of carbonyl (C=O) groups excluding carboxylic acids is 1. The molecule has 4 nitrogen and oxygen atoms in total. The van der Waals surface area contributed by atoms with E-state index in [1.165, 1.54) is 11.6 Å². The van der Waals surface area contributed by atoms with Gasteiger partial charge < -0.3 is 10.6 Å². The van der Waals surface area contributed by atoms with Crippen molar-refractivity contribution in [3.8, 4) is 0 Å². The molecule has 0 aliphatic carbocycles. The number of carbonyl (C=O) groups is 1. The average molecular weight is 413 g/mol. The Kier molecular flexibility index (Phi) is 6.65. The van der Waals surface area contributed by atoms with E-state index in [1.807, 2.05) is 6.07 Å². The van der Waals surface area contributed by atoms with Gasteiger partial charge in [0.05, 0.1) is 20.8 Å². The van der Waals surface area contributed by atoms with Crippen molar-refractivity contribution < 1.29 is 4.79 Å². The van der Waals surface area contributed by atoms with Gasteiger partial charge in [-0.1, -0.05) is 65.1 Å². The molecular weight excluding hydrogens is 393 g/mol. The highest BCUT2D eigenvalue weighted by Crippen LogP contribution is 2.32. The van der Waals surface area contributed by atoms with Crippen LogP contribution in [0.25, 0.3) is 0 Å². The van der Waals surface area contributed by atoms with Crippen LogP contribution < -0.4 is 10.6 Å². The summed E-state index contributed by atoms with van der Waals surface area (Å²) in [5.74, 6) is 0. The molecule has 1 saturated heterocycles. The minimum absolute atomic E-state index is 0.142. The number of benzene rings is 2. The second-order valence-electron chi connectivity index (χ2n) is 6.38. The maximum absolute atomic E-state index is 12.2. The largest absolute Gasteiger partial charge is 0.335 e. The van der Waals surface area contributed by atoms with Crippen LogP contribution >= 0.6 is 34.8 Å². The summed E-state index contributed by atoms with van der Waals surface area (Å²) in [5, 5.41) is 6.80. The maximum atomic E-state index is 12.2. The molecule has 0 atom stereocenters. The number of halogens is 3. The van der Waals surface area contributed by atoms with Crippen molar-refractivity contribution in [1.82, 2.24) is 10.2 Å². The number of urea groups is 1. The minimum Gasteiger partial charge on any atom is -0.335 e. The summed E-state index contributed by atoms with van der Waals surface area (Å²) < 4.78 is 0. The second kappa shape index (κ2) is 8.96. The Labute approximate surface area is 168 Å². The standard InChI is InChI=1S/C19H20Cl3N3O/c20-15-10-17(22)18(11-16(15)21)24-19(26)23-14-6-8-25(9-7-14)12-13-4-2-1-3-5-13/h1-5,10-11,14H,6-9,12H2,(H2,23,24,26). The van der Waals surface area contributed by atoms with E-state index >= 15 is 0 Å². The smallest absolute Gasteiger partial charge is 0.319 e. The third-order valence-corrected chi connectivity index (χ3v) is 5.46. The van der Waals surface area contributed by atoms with Gasteiger partial charge in [0.2, 0.25) is 0 Å². The number of likely N-dealkylation sites (tertiary alicyclic amines) is 1. The van der Waals surface area contributed by atoms with Gasteiger partial charge in [-0.25, -0.2) is 4.79 Å². The first kappa shape index (κ1) is 19.3. The van der Waals surface area contributed by atoms with Crippen molar-refractivity contribution in [3.63, 3.8) is 0 Å². The van der Waals surface area contributed by atoms with E-state index in [4.69, 9.17) is 34.8 Å².